The second-order valence-corrected chi connectivity index (χ2v) is 9.14. The lowest BCUT2D eigenvalue weighted by Gasteiger charge is -2.30. The molecule has 0 heterocycles. The zero-order valence-electron chi connectivity index (χ0n) is 16.5. The van der Waals surface area contributed by atoms with E-state index in [1.54, 1.807) is 31.2 Å². The van der Waals surface area contributed by atoms with Gasteiger partial charge in [-0.3, -0.25) is 9.10 Å². The zero-order valence-corrected chi connectivity index (χ0v) is 18.1. The van der Waals surface area contributed by atoms with E-state index in [1.165, 1.54) is 15.4 Å². The molecule has 2 aromatic carbocycles. The van der Waals surface area contributed by atoms with Gasteiger partial charge < -0.3 is 5.32 Å². The summed E-state index contributed by atoms with van der Waals surface area (Å²) in [4.78, 5) is 12.7. The van der Waals surface area contributed by atoms with Crippen molar-refractivity contribution in [3.8, 4) is 0 Å². The lowest BCUT2D eigenvalue weighted by molar-refractivity contribution is -0.122. The average Bonchev–Trinajstić information content (AvgIpc) is 2.63. The number of halogens is 1. The van der Waals surface area contributed by atoms with Gasteiger partial charge in [0, 0.05) is 11.6 Å². The highest BCUT2D eigenvalue weighted by Crippen LogP contribution is 2.24. The molecule has 1 amide bonds. The van der Waals surface area contributed by atoms with Crippen molar-refractivity contribution in [2.75, 3.05) is 17.1 Å². The molecule has 1 atom stereocenters. The van der Waals surface area contributed by atoms with Crippen molar-refractivity contribution in [1.29, 1.82) is 0 Å². The molecule has 0 radical (unpaired) electrons. The number of anilines is 1. The zero-order chi connectivity index (χ0) is 20.7. The van der Waals surface area contributed by atoms with Crippen LogP contribution in [-0.4, -0.2) is 33.2 Å². The molecule has 0 unspecified atom stereocenters. The molecule has 0 saturated heterocycles. The van der Waals surface area contributed by atoms with E-state index in [2.05, 4.69) is 17.4 Å². The molecule has 7 heteroatoms. The number of carbonyl (C=O) groups excluding carboxylic acids is 1. The SMILES string of the molecule is CC[C@H](C(=O)NCCCc1cccc(C)c1)N(c1ccc(Cl)cc1)S(C)(=O)=O. The molecule has 2 aromatic rings. The van der Waals surface area contributed by atoms with Crippen LogP contribution < -0.4 is 9.62 Å². The average molecular weight is 423 g/mol. The van der Waals surface area contributed by atoms with Gasteiger partial charge in [0.1, 0.15) is 6.04 Å². The van der Waals surface area contributed by atoms with E-state index in [0.29, 0.717) is 23.7 Å². The third kappa shape index (κ3) is 6.24. The van der Waals surface area contributed by atoms with Crippen molar-refractivity contribution in [2.45, 2.75) is 39.2 Å². The lowest BCUT2D eigenvalue weighted by atomic mass is 10.1. The standard InChI is InChI=1S/C21H27ClN2O3S/c1-4-20(24(28(3,26)27)19-12-10-18(22)11-13-19)21(25)23-14-6-9-17-8-5-7-16(2)15-17/h5,7-8,10-13,15,20H,4,6,9,14H2,1-3H3,(H,23,25)/t20-/m1/s1. The minimum absolute atomic E-state index is 0.299. The van der Waals surface area contributed by atoms with E-state index in [1.807, 2.05) is 19.1 Å². The van der Waals surface area contributed by atoms with Gasteiger partial charge in [0.2, 0.25) is 15.9 Å². The normalized spacial score (nSPS) is 12.4. The Morgan fingerprint density at radius 3 is 2.43 bits per heavy atom. The summed E-state index contributed by atoms with van der Waals surface area (Å²) in [6.07, 6.45) is 3.10. The second kappa shape index (κ2) is 9.94. The van der Waals surface area contributed by atoms with Crippen LogP contribution in [0.5, 0.6) is 0 Å². The summed E-state index contributed by atoms with van der Waals surface area (Å²) in [7, 11) is -3.64. The van der Waals surface area contributed by atoms with Crippen LogP contribution in [0.3, 0.4) is 0 Å². The maximum absolute atomic E-state index is 12.7. The first kappa shape index (κ1) is 22.2. The Bertz CT molecular complexity index is 898. The van der Waals surface area contributed by atoms with Crippen molar-refractivity contribution in [3.63, 3.8) is 0 Å². The molecule has 0 saturated carbocycles. The molecule has 0 spiro atoms. The smallest absolute Gasteiger partial charge is 0.243 e. The Hall–Kier alpha value is -2.05. The Labute approximate surface area is 172 Å². The predicted molar refractivity (Wildman–Crippen MR) is 115 cm³/mol. The largest absolute Gasteiger partial charge is 0.354 e. The second-order valence-electron chi connectivity index (χ2n) is 6.84. The van der Waals surface area contributed by atoms with E-state index in [9.17, 15) is 13.2 Å². The van der Waals surface area contributed by atoms with E-state index in [-0.39, 0.29) is 5.91 Å². The highest BCUT2D eigenvalue weighted by Gasteiger charge is 2.31. The first-order chi connectivity index (χ1) is 13.2. The number of nitrogens with zero attached hydrogens (tertiary/aromatic N) is 1. The molecule has 0 aliphatic heterocycles. The molecular weight excluding hydrogens is 396 g/mol. The van der Waals surface area contributed by atoms with Crippen LogP contribution in [0.25, 0.3) is 0 Å². The summed E-state index contributed by atoms with van der Waals surface area (Å²) in [5, 5.41) is 3.39. The van der Waals surface area contributed by atoms with Gasteiger partial charge in [0.25, 0.3) is 0 Å². The van der Waals surface area contributed by atoms with Gasteiger partial charge in [-0.15, -0.1) is 0 Å². The number of amides is 1. The number of benzene rings is 2. The minimum atomic E-state index is -3.64. The number of hydrogen-bond acceptors (Lipinski definition) is 3. The number of carbonyl (C=O) groups is 1. The van der Waals surface area contributed by atoms with Crippen LogP contribution in [0.4, 0.5) is 5.69 Å². The lowest BCUT2D eigenvalue weighted by Crippen LogP contribution is -2.49. The molecule has 0 aliphatic rings. The number of sulfonamides is 1. The molecule has 5 nitrogen and oxygen atoms in total. The van der Waals surface area contributed by atoms with Crippen LogP contribution in [0.2, 0.25) is 5.02 Å². The van der Waals surface area contributed by atoms with Crippen molar-refractivity contribution in [2.24, 2.45) is 0 Å². The Morgan fingerprint density at radius 1 is 1.18 bits per heavy atom. The van der Waals surface area contributed by atoms with Crippen molar-refractivity contribution >= 4 is 33.2 Å². The van der Waals surface area contributed by atoms with Crippen LogP contribution in [0.15, 0.2) is 48.5 Å². The van der Waals surface area contributed by atoms with E-state index >= 15 is 0 Å². The number of nitrogens with one attached hydrogen (secondary N) is 1. The van der Waals surface area contributed by atoms with Crippen LogP contribution >= 0.6 is 11.6 Å². The van der Waals surface area contributed by atoms with Gasteiger partial charge in [0.05, 0.1) is 11.9 Å². The fourth-order valence-electron chi connectivity index (χ4n) is 3.14. The summed E-state index contributed by atoms with van der Waals surface area (Å²) in [5.41, 5.74) is 2.85. The molecule has 1 N–H and O–H groups in total. The van der Waals surface area contributed by atoms with Crippen molar-refractivity contribution < 1.29 is 13.2 Å². The topological polar surface area (TPSA) is 66.5 Å². The first-order valence-electron chi connectivity index (χ1n) is 9.30. The molecule has 152 valence electrons. The summed E-state index contributed by atoms with van der Waals surface area (Å²) >= 11 is 5.90. The maximum atomic E-state index is 12.7. The Balaban J connectivity index is 2.04. The quantitative estimate of drug-likeness (QED) is 0.622. The molecule has 28 heavy (non-hydrogen) atoms. The molecule has 0 aliphatic carbocycles. The van der Waals surface area contributed by atoms with E-state index < -0.39 is 16.1 Å². The summed E-state index contributed by atoms with van der Waals surface area (Å²) in [6, 6.07) is 13.9. The van der Waals surface area contributed by atoms with Gasteiger partial charge in [-0.2, -0.15) is 0 Å². The summed E-state index contributed by atoms with van der Waals surface area (Å²) < 4.78 is 25.9. The molecule has 0 fully saturated rings. The monoisotopic (exact) mass is 422 g/mol. The van der Waals surface area contributed by atoms with Gasteiger partial charge in [-0.1, -0.05) is 48.4 Å². The molecule has 2 rings (SSSR count). The van der Waals surface area contributed by atoms with Gasteiger partial charge in [-0.05, 0) is 56.0 Å². The molecular formula is C21H27ClN2O3S. The van der Waals surface area contributed by atoms with E-state index in [0.717, 1.165) is 19.1 Å². The van der Waals surface area contributed by atoms with Crippen molar-refractivity contribution in [1.82, 2.24) is 5.32 Å². The highest BCUT2D eigenvalue weighted by molar-refractivity contribution is 7.92. The first-order valence-corrected chi connectivity index (χ1v) is 11.5. The van der Waals surface area contributed by atoms with Crippen LogP contribution in [0, 0.1) is 6.92 Å². The minimum Gasteiger partial charge on any atom is -0.354 e. The maximum Gasteiger partial charge on any atom is 0.243 e. The van der Waals surface area contributed by atoms with Crippen LogP contribution in [0.1, 0.15) is 30.9 Å². The predicted octanol–water partition coefficient (Wildman–Crippen LogP) is 3.94. The van der Waals surface area contributed by atoms with E-state index in [4.69, 9.17) is 11.6 Å². The van der Waals surface area contributed by atoms with Gasteiger partial charge in [-0.25, -0.2) is 8.42 Å². The third-order valence-electron chi connectivity index (χ3n) is 4.43. The molecule has 0 bridgehead atoms. The fourth-order valence-corrected chi connectivity index (χ4v) is 4.48. The molecule has 0 aromatic heterocycles. The number of hydrogen-bond donors (Lipinski definition) is 1. The highest BCUT2D eigenvalue weighted by atomic mass is 35.5. The Morgan fingerprint density at radius 2 is 1.86 bits per heavy atom. The van der Waals surface area contributed by atoms with Gasteiger partial charge in [0.15, 0.2) is 0 Å². The number of aryl methyl sites for hydroxylation is 2. The summed E-state index contributed by atoms with van der Waals surface area (Å²) in [6.45, 7) is 4.33. The fraction of sp³-hybridized carbons (Fsp3) is 0.381. The summed E-state index contributed by atoms with van der Waals surface area (Å²) in [5.74, 6) is -0.299. The van der Waals surface area contributed by atoms with Crippen molar-refractivity contribution in [3.05, 3.63) is 64.7 Å². The Kier molecular flexibility index (Phi) is 7.89. The number of rotatable bonds is 9. The van der Waals surface area contributed by atoms with Crippen LogP contribution in [-0.2, 0) is 21.2 Å². The van der Waals surface area contributed by atoms with Gasteiger partial charge >= 0.3 is 0 Å². The third-order valence-corrected chi connectivity index (χ3v) is 5.87.